The molecule has 1 atom stereocenters. The molecule has 0 N–H and O–H groups in total. The highest BCUT2D eigenvalue weighted by molar-refractivity contribution is 6.22. The van der Waals surface area contributed by atoms with Gasteiger partial charge in [0.1, 0.15) is 11.6 Å². The fourth-order valence-corrected chi connectivity index (χ4v) is 4.93. The summed E-state index contributed by atoms with van der Waals surface area (Å²) in [6.45, 7) is 5.08. The summed E-state index contributed by atoms with van der Waals surface area (Å²) in [6, 6.07) is 19.5. The first kappa shape index (κ1) is 24.6. The van der Waals surface area contributed by atoms with Gasteiger partial charge in [0.2, 0.25) is 5.91 Å². The lowest BCUT2D eigenvalue weighted by molar-refractivity contribution is -0.123. The highest BCUT2D eigenvalue weighted by Crippen LogP contribution is 2.29. The standard InChI is InChI=1S/C29H28FN3O4/c1-2-37-25-5-3-4-24(18-25)33-27(34)19-26(29(33)36)32-16-14-31(15-17-32)23-12-8-21(9-13-23)28(35)20-6-10-22(30)11-7-20/h3-13,18,26H,2,14-17,19H2,1H3/t26-/m0/s1. The number of hydrogen-bond donors (Lipinski definition) is 0. The van der Waals surface area contributed by atoms with Crippen LogP contribution in [0.15, 0.2) is 72.8 Å². The number of carbonyl (C=O) groups excluding carboxylic acids is 3. The van der Waals surface area contributed by atoms with Crippen LogP contribution in [0.25, 0.3) is 0 Å². The Morgan fingerprint density at radius 2 is 1.54 bits per heavy atom. The van der Waals surface area contributed by atoms with Crippen LogP contribution < -0.4 is 14.5 Å². The van der Waals surface area contributed by atoms with Gasteiger partial charge in [-0.3, -0.25) is 19.3 Å². The highest BCUT2D eigenvalue weighted by Gasteiger charge is 2.43. The van der Waals surface area contributed by atoms with E-state index in [1.807, 2.05) is 19.1 Å². The average molecular weight is 502 g/mol. The molecule has 2 amide bonds. The van der Waals surface area contributed by atoms with Crippen LogP contribution in [0.2, 0.25) is 0 Å². The SMILES string of the molecule is CCOc1cccc(N2C(=O)C[C@H](N3CCN(c4ccc(C(=O)c5ccc(F)cc5)cc4)CC3)C2=O)c1. The summed E-state index contributed by atoms with van der Waals surface area (Å²) in [4.78, 5) is 44.2. The highest BCUT2D eigenvalue weighted by atomic mass is 19.1. The van der Waals surface area contributed by atoms with Crippen molar-refractivity contribution in [3.05, 3.63) is 89.7 Å². The fraction of sp³-hybridized carbons (Fsp3) is 0.276. The molecule has 2 aliphatic heterocycles. The van der Waals surface area contributed by atoms with Crippen molar-refractivity contribution in [2.24, 2.45) is 0 Å². The number of amides is 2. The van der Waals surface area contributed by atoms with Crippen molar-refractivity contribution in [1.29, 1.82) is 0 Å². The van der Waals surface area contributed by atoms with Gasteiger partial charge in [-0.15, -0.1) is 0 Å². The van der Waals surface area contributed by atoms with Gasteiger partial charge in [0.05, 0.1) is 24.8 Å². The number of nitrogens with zero attached hydrogens (tertiary/aromatic N) is 3. The van der Waals surface area contributed by atoms with Gasteiger partial charge in [0, 0.05) is 49.1 Å². The van der Waals surface area contributed by atoms with Crippen LogP contribution in [-0.2, 0) is 9.59 Å². The van der Waals surface area contributed by atoms with Crippen LogP contribution >= 0.6 is 0 Å². The Labute approximate surface area is 215 Å². The van der Waals surface area contributed by atoms with E-state index in [0.717, 1.165) is 5.69 Å². The number of ketones is 1. The van der Waals surface area contributed by atoms with Crippen LogP contribution in [0, 0.1) is 5.82 Å². The zero-order chi connectivity index (χ0) is 25.9. The summed E-state index contributed by atoms with van der Waals surface area (Å²) in [5.41, 5.74) is 2.51. The van der Waals surface area contributed by atoms with Crippen LogP contribution in [0.1, 0.15) is 29.3 Å². The number of hydrogen-bond acceptors (Lipinski definition) is 6. The molecule has 0 radical (unpaired) electrons. The molecule has 2 heterocycles. The topological polar surface area (TPSA) is 70.2 Å². The summed E-state index contributed by atoms with van der Waals surface area (Å²) in [6.07, 6.45) is 0.165. The quantitative estimate of drug-likeness (QED) is 0.361. The molecule has 8 heteroatoms. The molecule has 0 aliphatic carbocycles. The minimum atomic E-state index is -0.471. The van der Waals surface area contributed by atoms with Crippen molar-refractivity contribution in [2.75, 3.05) is 42.6 Å². The summed E-state index contributed by atoms with van der Waals surface area (Å²) < 4.78 is 18.7. The third kappa shape index (κ3) is 5.11. The molecule has 2 fully saturated rings. The van der Waals surface area contributed by atoms with Crippen LogP contribution in [-0.4, -0.2) is 61.3 Å². The van der Waals surface area contributed by atoms with E-state index in [9.17, 15) is 18.8 Å². The summed E-state index contributed by atoms with van der Waals surface area (Å²) in [7, 11) is 0. The first-order valence-corrected chi connectivity index (χ1v) is 12.4. The molecule has 0 saturated carbocycles. The lowest BCUT2D eigenvalue weighted by Crippen LogP contribution is -2.52. The normalized spacial score (nSPS) is 18.4. The molecular weight excluding hydrogens is 473 g/mol. The van der Waals surface area contributed by atoms with Gasteiger partial charge in [0.15, 0.2) is 5.78 Å². The summed E-state index contributed by atoms with van der Waals surface area (Å²) in [5, 5.41) is 0. The maximum Gasteiger partial charge on any atom is 0.251 e. The molecule has 0 bridgehead atoms. The average Bonchev–Trinajstić information content (AvgIpc) is 3.23. The monoisotopic (exact) mass is 501 g/mol. The second-order valence-corrected chi connectivity index (χ2v) is 9.12. The third-order valence-corrected chi connectivity index (χ3v) is 6.87. The number of rotatable bonds is 7. The Hall–Kier alpha value is -4.04. The molecule has 190 valence electrons. The second kappa shape index (κ2) is 10.5. The molecule has 3 aromatic carbocycles. The van der Waals surface area contributed by atoms with Gasteiger partial charge in [-0.25, -0.2) is 9.29 Å². The Balaban J connectivity index is 1.20. The predicted octanol–water partition coefficient (Wildman–Crippen LogP) is 3.91. The van der Waals surface area contributed by atoms with Gasteiger partial charge in [-0.05, 0) is 67.6 Å². The number of carbonyl (C=O) groups is 3. The molecule has 0 unspecified atom stereocenters. The fourth-order valence-electron chi connectivity index (χ4n) is 4.93. The summed E-state index contributed by atoms with van der Waals surface area (Å²) in [5.74, 6) is -0.304. The molecule has 37 heavy (non-hydrogen) atoms. The van der Waals surface area contributed by atoms with E-state index >= 15 is 0 Å². The van der Waals surface area contributed by atoms with Crippen molar-refractivity contribution in [3.63, 3.8) is 0 Å². The number of ether oxygens (including phenoxy) is 1. The number of piperazine rings is 1. The van der Waals surface area contributed by atoms with Crippen molar-refractivity contribution in [1.82, 2.24) is 4.90 Å². The maximum absolute atomic E-state index is 13.2. The van der Waals surface area contributed by atoms with E-state index in [-0.39, 0.29) is 29.8 Å². The minimum absolute atomic E-state index is 0.155. The van der Waals surface area contributed by atoms with Crippen molar-refractivity contribution < 1.29 is 23.5 Å². The number of halogens is 1. The molecule has 0 aromatic heterocycles. The van der Waals surface area contributed by atoms with E-state index in [1.54, 1.807) is 36.4 Å². The Morgan fingerprint density at radius 3 is 2.19 bits per heavy atom. The zero-order valence-corrected chi connectivity index (χ0v) is 20.6. The molecule has 7 nitrogen and oxygen atoms in total. The molecule has 2 aliphatic rings. The zero-order valence-electron chi connectivity index (χ0n) is 20.6. The first-order valence-electron chi connectivity index (χ1n) is 12.4. The van der Waals surface area contributed by atoms with Crippen LogP contribution in [0.5, 0.6) is 5.75 Å². The second-order valence-electron chi connectivity index (χ2n) is 9.12. The van der Waals surface area contributed by atoms with Gasteiger partial charge < -0.3 is 9.64 Å². The van der Waals surface area contributed by atoms with Crippen LogP contribution in [0.3, 0.4) is 0 Å². The molecule has 5 rings (SSSR count). The third-order valence-electron chi connectivity index (χ3n) is 6.87. The first-order chi connectivity index (χ1) is 17.9. The molecule has 0 spiro atoms. The van der Waals surface area contributed by atoms with E-state index in [2.05, 4.69) is 9.80 Å². The molecular formula is C29H28FN3O4. The van der Waals surface area contributed by atoms with E-state index < -0.39 is 6.04 Å². The van der Waals surface area contributed by atoms with Crippen molar-refractivity contribution in [3.8, 4) is 5.75 Å². The van der Waals surface area contributed by atoms with Crippen molar-refractivity contribution in [2.45, 2.75) is 19.4 Å². The van der Waals surface area contributed by atoms with Gasteiger partial charge >= 0.3 is 0 Å². The Kier molecular flexibility index (Phi) is 7.01. The maximum atomic E-state index is 13.2. The lowest BCUT2D eigenvalue weighted by Gasteiger charge is -2.38. The largest absolute Gasteiger partial charge is 0.494 e. The lowest BCUT2D eigenvalue weighted by atomic mass is 10.0. The van der Waals surface area contributed by atoms with E-state index in [0.29, 0.717) is 55.3 Å². The molecule has 3 aromatic rings. The number of imide groups is 1. The predicted molar refractivity (Wildman–Crippen MR) is 139 cm³/mol. The van der Waals surface area contributed by atoms with Crippen molar-refractivity contribution >= 4 is 29.0 Å². The smallest absolute Gasteiger partial charge is 0.251 e. The minimum Gasteiger partial charge on any atom is -0.494 e. The Bertz CT molecular complexity index is 1300. The number of benzene rings is 3. The Morgan fingerprint density at radius 1 is 0.892 bits per heavy atom. The summed E-state index contributed by atoms with van der Waals surface area (Å²) >= 11 is 0. The van der Waals surface area contributed by atoms with E-state index in [4.69, 9.17) is 4.74 Å². The van der Waals surface area contributed by atoms with Gasteiger partial charge in [0.25, 0.3) is 5.91 Å². The number of anilines is 2. The van der Waals surface area contributed by atoms with Crippen LogP contribution in [0.4, 0.5) is 15.8 Å². The molecule has 2 saturated heterocycles. The van der Waals surface area contributed by atoms with Gasteiger partial charge in [-0.2, -0.15) is 0 Å². The van der Waals surface area contributed by atoms with E-state index in [1.165, 1.54) is 29.2 Å². The van der Waals surface area contributed by atoms with Gasteiger partial charge in [-0.1, -0.05) is 6.07 Å².